The highest BCUT2D eigenvalue weighted by Crippen LogP contribution is 2.17. The summed E-state index contributed by atoms with van der Waals surface area (Å²) >= 11 is 0. The Morgan fingerprint density at radius 2 is 2.00 bits per heavy atom. The molecule has 3 heteroatoms. The molecule has 1 aliphatic heterocycles. The van der Waals surface area contributed by atoms with Gasteiger partial charge in [0.2, 0.25) is 0 Å². The molecule has 0 unspecified atom stereocenters. The van der Waals surface area contributed by atoms with Crippen LogP contribution in [0.4, 0.5) is 0 Å². The van der Waals surface area contributed by atoms with Crippen LogP contribution in [0.5, 0.6) is 0 Å². The maximum Gasteiger partial charge on any atom is 0.158 e. The molecule has 0 aliphatic carbocycles. The van der Waals surface area contributed by atoms with E-state index in [0.29, 0.717) is 13.2 Å². The summed E-state index contributed by atoms with van der Waals surface area (Å²) in [6, 6.07) is 0. The van der Waals surface area contributed by atoms with Crippen molar-refractivity contribution in [3.63, 3.8) is 0 Å². The largest absolute Gasteiger partial charge is 0.379 e. The molecule has 1 aliphatic rings. The highest BCUT2D eigenvalue weighted by atomic mass is 16.7. The summed E-state index contributed by atoms with van der Waals surface area (Å²) in [6.07, 6.45) is 7.36. The molecule has 3 nitrogen and oxygen atoms in total. The van der Waals surface area contributed by atoms with Gasteiger partial charge in [-0.15, -0.1) is 0 Å². The quantitative estimate of drug-likeness (QED) is 0.570. The minimum Gasteiger partial charge on any atom is -0.379 e. The van der Waals surface area contributed by atoms with Gasteiger partial charge in [-0.05, 0) is 19.3 Å². The van der Waals surface area contributed by atoms with Gasteiger partial charge in [0.05, 0.1) is 13.2 Å². The highest BCUT2D eigenvalue weighted by Gasteiger charge is 2.25. The van der Waals surface area contributed by atoms with Crippen molar-refractivity contribution < 1.29 is 14.2 Å². The van der Waals surface area contributed by atoms with Crippen LogP contribution in [-0.4, -0.2) is 32.2 Å². The first-order chi connectivity index (χ1) is 7.86. The molecule has 0 N–H and O–H groups in total. The second-order valence-corrected chi connectivity index (χ2v) is 4.45. The van der Waals surface area contributed by atoms with E-state index in [0.717, 1.165) is 19.4 Å². The third-order valence-corrected chi connectivity index (χ3v) is 2.76. The van der Waals surface area contributed by atoms with E-state index in [1.807, 2.05) is 0 Å². The van der Waals surface area contributed by atoms with Gasteiger partial charge < -0.3 is 14.2 Å². The molecule has 96 valence electrons. The fourth-order valence-electron chi connectivity index (χ4n) is 1.84. The summed E-state index contributed by atoms with van der Waals surface area (Å²) in [4.78, 5) is 0. The normalized spacial score (nSPS) is 25.1. The highest BCUT2D eigenvalue weighted by molar-refractivity contribution is 4.64. The van der Waals surface area contributed by atoms with Crippen LogP contribution in [0.25, 0.3) is 0 Å². The summed E-state index contributed by atoms with van der Waals surface area (Å²) in [5.41, 5.74) is 0. The average molecular weight is 230 g/mol. The predicted molar refractivity (Wildman–Crippen MR) is 64.5 cm³/mol. The Hall–Kier alpha value is -0.120. The second kappa shape index (κ2) is 8.97. The molecular formula is C13H26O3. The Morgan fingerprint density at radius 3 is 2.75 bits per heavy atom. The summed E-state index contributed by atoms with van der Waals surface area (Å²) in [5.74, 6) is 0. The molecule has 0 radical (unpaired) electrons. The van der Waals surface area contributed by atoms with E-state index < -0.39 is 0 Å². The molecule has 1 rings (SSSR count). The van der Waals surface area contributed by atoms with Gasteiger partial charge in [0.15, 0.2) is 6.29 Å². The van der Waals surface area contributed by atoms with E-state index in [4.69, 9.17) is 14.2 Å². The van der Waals surface area contributed by atoms with Crippen molar-refractivity contribution in [2.75, 3.05) is 19.8 Å². The lowest BCUT2D eigenvalue weighted by Crippen LogP contribution is -2.19. The topological polar surface area (TPSA) is 27.7 Å². The average Bonchev–Trinajstić information content (AvgIpc) is 2.73. The summed E-state index contributed by atoms with van der Waals surface area (Å²) in [5, 5.41) is 0. The molecule has 1 fully saturated rings. The Morgan fingerprint density at radius 1 is 1.12 bits per heavy atom. The lowest BCUT2D eigenvalue weighted by molar-refractivity contribution is -0.0759. The van der Waals surface area contributed by atoms with Crippen LogP contribution < -0.4 is 0 Å². The van der Waals surface area contributed by atoms with Crippen LogP contribution in [0, 0.1) is 0 Å². The maximum absolute atomic E-state index is 5.74. The zero-order valence-electron chi connectivity index (χ0n) is 10.7. The van der Waals surface area contributed by atoms with Crippen LogP contribution in [0.15, 0.2) is 0 Å². The molecule has 16 heavy (non-hydrogen) atoms. The van der Waals surface area contributed by atoms with Crippen molar-refractivity contribution in [2.45, 2.75) is 64.8 Å². The minimum absolute atomic E-state index is 0.0204. The van der Waals surface area contributed by atoms with Crippen molar-refractivity contribution in [2.24, 2.45) is 0 Å². The molecule has 2 atom stereocenters. The van der Waals surface area contributed by atoms with E-state index in [-0.39, 0.29) is 12.4 Å². The van der Waals surface area contributed by atoms with Crippen LogP contribution in [-0.2, 0) is 14.2 Å². The third-order valence-electron chi connectivity index (χ3n) is 2.76. The Kier molecular flexibility index (Phi) is 7.81. The third kappa shape index (κ3) is 5.83. The maximum atomic E-state index is 5.74. The standard InChI is InChI=1S/C13H26O3/c1-3-5-6-7-8-13-15-11-12(16-13)10-14-9-4-2/h12-13H,3-11H2,1-2H3/t12-,13+/m1/s1. The van der Waals surface area contributed by atoms with Gasteiger partial charge in [-0.3, -0.25) is 0 Å². The van der Waals surface area contributed by atoms with Crippen molar-refractivity contribution >= 4 is 0 Å². The van der Waals surface area contributed by atoms with Crippen LogP contribution in [0.3, 0.4) is 0 Å². The van der Waals surface area contributed by atoms with Gasteiger partial charge in [0, 0.05) is 6.61 Å². The zero-order chi connectivity index (χ0) is 11.6. The van der Waals surface area contributed by atoms with Crippen LogP contribution in [0.1, 0.15) is 52.4 Å². The van der Waals surface area contributed by atoms with E-state index in [2.05, 4.69) is 13.8 Å². The predicted octanol–water partition coefficient (Wildman–Crippen LogP) is 3.12. The van der Waals surface area contributed by atoms with Gasteiger partial charge >= 0.3 is 0 Å². The molecule has 1 saturated heterocycles. The van der Waals surface area contributed by atoms with Crippen LogP contribution >= 0.6 is 0 Å². The number of hydrogen-bond donors (Lipinski definition) is 0. The van der Waals surface area contributed by atoms with Gasteiger partial charge in [-0.2, -0.15) is 0 Å². The SMILES string of the molecule is CCCCCC[C@H]1OC[C@@H](COCCC)O1. The molecule has 0 saturated carbocycles. The zero-order valence-corrected chi connectivity index (χ0v) is 10.7. The number of ether oxygens (including phenoxy) is 3. The van der Waals surface area contributed by atoms with Gasteiger partial charge in [-0.25, -0.2) is 0 Å². The van der Waals surface area contributed by atoms with E-state index in [1.165, 1.54) is 25.7 Å². The monoisotopic (exact) mass is 230 g/mol. The molecule has 0 aromatic rings. The first-order valence-corrected chi connectivity index (χ1v) is 6.71. The first-order valence-electron chi connectivity index (χ1n) is 6.71. The van der Waals surface area contributed by atoms with Crippen molar-refractivity contribution in [3.05, 3.63) is 0 Å². The number of rotatable bonds is 9. The minimum atomic E-state index is 0.0204. The van der Waals surface area contributed by atoms with E-state index in [9.17, 15) is 0 Å². The van der Waals surface area contributed by atoms with E-state index in [1.54, 1.807) is 0 Å². The fraction of sp³-hybridized carbons (Fsp3) is 1.00. The second-order valence-electron chi connectivity index (χ2n) is 4.45. The van der Waals surface area contributed by atoms with Crippen molar-refractivity contribution in [1.82, 2.24) is 0 Å². The molecular weight excluding hydrogens is 204 g/mol. The first kappa shape index (κ1) is 13.9. The molecule has 0 amide bonds. The number of unbranched alkanes of at least 4 members (excludes halogenated alkanes) is 3. The number of hydrogen-bond acceptors (Lipinski definition) is 3. The Balaban J connectivity index is 1.97. The molecule has 0 spiro atoms. The van der Waals surface area contributed by atoms with Gasteiger partial charge in [0.1, 0.15) is 6.10 Å². The van der Waals surface area contributed by atoms with Gasteiger partial charge in [0.25, 0.3) is 0 Å². The summed E-state index contributed by atoms with van der Waals surface area (Å²) in [7, 11) is 0. The Bertz CT molecular complexity index is 161. The lowest BCUT2D eigenvalue weighted by Gasteiger charge is -2.11. The molecule has 0 aromatic heterocycles. The van der Waals surface area contributed by atoms with Crippen molar-refractivity contribution in [3.8, 4) is 0 Å². The fourth-order valence-corrected chi connectivity index (χ4v) is 1.84. The lowest BCUT2D eigenvalue weighted by atomic mass is 10.1. The smallest absolute Gasteiger partial charge is 0.158 e. The van der Waals surface area contributed by atoms with Crippen molar-refractivity contribution in [1.29, 1.82) is 0 Å². The molecule has 0 bridgehead atoms. The van der Waals surface area contributed by atoms with Crippen LogP contribution in [0.2, 0.25) is 0 Å². The van der Waals surface area contributed by atoms with Gasteiger partial charge in [-0.1, -0.05) is 33.1 Å². The molecule has 1 heterocycles. The van der Waals surface area contributed by atoms with E-state index >= 15 is 0 Å². The summed E-state index contributed by atoms with van der Waals surface area (Å²) in [6.45, 7) is 6.54. The summed E-state index contributed by atoms with van der Waals surface area (Å²) < 4.78 is 16.8. The molecule has 0 aromatic carbocycles. The Labute approximate surface area is 99.5 Å².